The topological polar surface area (TPSA) is 61.8 Å². The number of nitrogens with one attached hydrogen (secondary N) is 1. The molecule has 2 rings (SSSR count). The van der Waals surface area contributed by atoms with Gasteiger partial charge in [-0.15, -0.1) is 0 Å². The van der Waals surface area contributed by atoms with Crippen molar-refractivity contribution in [1.29, 1.82) is 0 Å². The van der Waals surface area contributed by atoms with Crippen LogP contribution in [0.3, 0.4) is 0 Å². The Kier molecular flexibility index (Phi) is 7.34. The molecule has 1 aliphatic heterocycles. The first-order chi connectivity index (χ1) is 11.5. The number of hydrogen-bond donors (Lipinski definition) is 2. The molecule has 5 nitrogen and oxygen atoms in total. The van der Waals surface area contributed by atoms with E-state index in [0.29, 0.717) is 23.6 Å². The van der Waals surface area contributed by atoms with Crippen LogP contribution in [-0.4, -0.2) is 42.8 Å². The number of nitrogens with zero attached hydrogens (tertiary/aromatic N) is 1. The number of urea groups is 1. The van der Waals surface area contributed by atoms with Crippen LogP contribution in [0.25, 0.3) is 0 Å². The molecule has 1 fully saturated rings. The quantitative estimate of drug-likeness (QED) is 0.582. The monoisotopic (exact) mass is 354 g/mol. The number of aliphatic hydroxyl groups is 1. The normalized spacial score (nSPS) is 17.4. The minimum absolute atomic E-state index is 0.219. The first kappa shape index (κ1) is 19.0. The largest absolute Gasteiger partial charge is 0.385 e. The van der Waals surface area contributed by atoms with Crippen LogP contribution in [-0.2, 0) is 10.5 Å². The second-order valence-electron chi connectivity index (χ2n) is 6.30. The third-order valence-electron chi connectivity index (χ3n) is 4.40. The summed E-state index contributed by atoms with van der Waals surface area (Å²) >= 11 is 6.07. The maximum atomic E-state index is 12.6. The van der Waals surface area contributed by atoms with E-state index in [1.54, 1.807) is 36.3 Å². The molecule has 134 valence electrons. The van der Waals surface area contributed by atoms with Gasteiger partial charge in [-0.3, -0.25) is 0 Å². The average molecular weight is 355 g/mol. The Balaban J connectivity index is 2.10. The molecule has 0 radical (unpaired) electrons. The lowest BCUT2D eigenvalue weighted by Crippen LogP contribution is -2.52. The first-order valence-electron chi connectivity index (χ1n) is 8.59. The van der Waals surface area contributed by atoms with Crippen molar-refractivity contribution in [3.05, 3.63) is 34.9 Å². The number of unbranched alkanes of at least 4 members (excludes halogenated alkanes) is 1. The van der Waals surface area contributed by atoms with Crippen molar-refractivity contribution >= 4 is 17.6 Å². The maximum Gasteiger partial charge on any atom is 0.319 e. The maximum absolute atomic E-state index is 12.6. The summed E-state index contributed by atoms with van der Waals surface area (Å²) < 4.78 is 5.06. The molecule has 0 bridgehead atoms. The fourth-order valence-corrected chi connectivity index (χ4v) is 3.20. The van der Waals surface area contributed by atoms with Gasteiger partial charge >= 0.3 is 6.03 Å². The molecule has 0 unspecified atom stereocenters. The fourth-order valence-electron chi connectivity index (χ4n) is 3.00. The first-order valence-corrected chi connectivity index (χ1v) is 8.97. The van der Waals surface area contributed by atoms with E-state index >= 15 is 0 Å². The highest BCUT2D eigenvalue weighted by Gasteiger charge is 2.33. The van der Waals surface area contributed by atoms with E-state index in [-0.39, 0.29) is 6.03 Å². The van der Waals surface area contributed by atoms with Gasteiger partial charge in [-0.2, -0.15) is 0 Å². The number of rotatable bonds is 7. The minimum Gasteiger partial charge on any atom is -0.385 e. The van der Waals surface area contributed by atoms with Gasteiger partial charge in [0.2, 0.25) is 0 Å². The molecule has 0 spiro atoms. The SMILES string of the molecule is COCCCC[C@@](O)(NC(=O)N1CCCCC1)c1cccc(Cl)c1. The molecule has 1 aromatic rings. The van der Waals surface area contributed by atoms with Gasteiger partial charge in [-0.25, -0.2) is 4.79 Å². The van der Waals surface area contributed by atoms with Gasteiger partial charge in [0.05, 0.1) is 0 Å². The zero-order valence-corrected chi connectivity index (χ0v) is 15.0. The van der Waals surface area contributed by atoms with Crippen molar-refractivity contribution < 1.29 is 14.6 Å². The Bertz CT molecular complexity index is 535. The summed E-state index contributed by atoms with van der Waals surface area (Å²) in [5.41, 5.74) is -0.814. The van der Waals surface area contributed by atoms with E-state index in [1.165, 1.54) is 0 Å². The predicted molar refractivity (Wildman–Crippen MR) is 95.0 cm³/mol. The van der Waals surface area contributed by atoms with Crippen LogP contribution >= 0.6 is 11.6 Å². The van der Waals surface area contributed by atoms with Gasteiger partial charge in [0.1, 0.15) is 0 Å². The van der Waals surface area contributed by atoms with Gasteiger partial charge < -0.3 is 20.1 Å². The Morgan fingerprint density at radius 1 is 1.33 bits per heavy atom. The highest BCUT2D eigenvalue weighted by Crippen LogP contribution is 2.27. The third kappa shape index (κ3) is 5.36. The second kappa shape index (κ2) is 9.25. The van der Waals surface area contributed by atoms with Gasteiger partial charge in [0.25, 0.3) is 0 Å². The molecule has 2 amide bonds. The minimum atomic E-state index is -1.42. The third-order valence-corrected chi connectivity index (χ3v) is 4.63. The van der Waals surface area contributed by atoms with Gasteiger partial charge in [-0.1, -0.05) is 23.7 Å². The molecular weight excluding hydrogens is 328 g/mol. The van der Waals surface area contributed by atoms with Crippen molar-refractivity contribution in [2.45, 2.75) is 44.2 Å². The number of amides is 2. The number of likely N-dealkylation sites (tertiary alicyclic amines) is 1. The average Bonchev–Trinajstić information content (AvgIpc) is 2.59. The number of methoxy groups -OCH3 is 1. The van der Waals surface area contributed by atoms with Crippen molar-refractivity contribution in [3.63, 3.8) is 0 Å². The van der Waals surface area contributed by atoms with Crippen molar-refractivity contribution in [2.24, 2.45) is 0 Å². The summed E-state index contributed by atoms with van der Waals surface area (Å²) in [5, 5.41) is 14.5. The van der Waals surface area contributed by atoms with E-state index in [1.807, 2.05) is 0 Å². The van der Waals surface area contributed by atoms with E-state index in [4.69, 9.17) is 16.3 Å². The molecule has 1 aliphatic rings. The Morgan fingerprint density at radius 3 is 2.75 bits per heavy atom. The molecule has 0 aromatic heterocycles. The molecular formula is C18H27ClN2O3. The number of halogens is 1. The van der Waals surface area contributed by atoms with E-state index in [2.05, 4.69) is 5.32 Å². The number of carbonyl (C=O) groups is 1. The summed E-state index contributed by atoms with van der Waals surface area (Å²) in [6.07, 6.45) is 5.14. The lowest BCUT2D eigenvalue weighted by Gasteiger charge is -2.34. The Hall–Kier alpha value is -1.30. The summed E-state index contributed by atoms with van der Waals surface area (Å²) in [5.74, 6) is 0. The van der Waals surface area contributed by atoms with E-state index < -0.39 is 5.72 Å². The lowest BCUT2D eigenvalue weighted by atomic mass is 9.96. The number of benzene rings is 1. The molecule has 2 N–H and O–H groups in total. The number of ether oxygens (including phenoxy) is 1. The fraction of sp³-hybridized carbons (Fsp3) is 0.611. The zero-order valence-electron chi connectivity index (χ0n) is 14.3. The van der Waals surface area contributed by atoms with Crippen molar-refractivity contribution in [3.8, 4) is 0 Å². The highest BCUT2D eigenvalue weighted by atomic mass is 35.5. The van der Waals surface area contributed by atoms with Gasteiger partial charge in [0.15, 0.2) is 5.72 Å². The van der Waals surface area contributed by atoms with Crippen LogP contribution in [0.1, 0.15) is 44.1 Å². The number of piperidine rings is 1. The lowest BCUT2D eigenvalue weighted by molar-refractivity contribution is -0.00511. The summed E-state index contributed by atoms with van der Waals surface area (Å²) in [6.45, 7) is 2.11. The summed E-state index contributed by atoms with van der Waals surface area (Å²) in [7, 11) is 1.65. The summed E-state index contributed by atoms with van der Waals surface area (Å²) in [6, 6.07) is 6.81. The molecule has 1 aromatic carbocycles. The zero-order chi connectivity index (χ0) is 17.4. The van der Waals surface area contributed by atoms with E-state index in [9.17, 15) is 9.90 Å². The van der Waals surface area contributed by atoms with Crippen LogP contribution < -0.4 is 5.32 Å². The van der Waals surface area contributed by atoms with Crippen LogP contribution in [0.5, 0.6) is 0 Å². The van der Waals surface area contributed by atoms with Crippen molar-refractivity contribution in [1.82, 2.24) is 10.2 Å². The molecule has 6 heteroatoms. The van der Waals surface area contributed by atoms with Crippen LogP contribution in [0.4, 0.5) is 4.79 Å². The highest BCUT2D eigenvalue weighted by molar-refractivity contribution is 6.30. The van der Waals surface area contributed by atoms with Crippen LogP contribution in [0.2, 0.25) is 5.02 Å². The summed E-state index contributed by atoms with van der Waals surface area (Å²) in [4.78, 5) is 14.3. The van der Waals surface area contributed by atoms with Crippen LogP contribution in [0, 0.1) is 0 Å². The van der Waals surface area contributed by atoms with Gasteiger partial charge in [0, 0.05) is 37.4 Å². The Labute approximate surface area is 148 Å². The van der Waals surface area contributed by atoms with E-state index in [0.717, 1.165) is 45.2 Å². The molecule has 1 atom stereocenters. The van der Waals surface area contributed by atoms with Crippen molar-refractivity contribution in [2.75, 3.05) is 26.8 Å². The molecule has 1 heterocycles. The van der Waals surface area contributed by atoms with Crippen LogP contribution in [0.15, 0.2) is 24.3 Å². The molecule has 1 saturated heterocycles. The Morgan fingerprint density at radius 2 is 2.08 bits per heavy atom. The second-order valence-corrected chi connectivity index (χ2v) is 6.73. The standard InChI is InChI=1S/C18H27ClN2O3/c1-24-13-6-3-10-18(23,15-8-7-9-16(19)14-15)20-17(22)21-11-4-2-5-12-21/h7-9,14,23H,2-6,10-13H2,1H3,(H,20,22)/t18-/m0/s1. The smallest absolute Gasteiger partial charge is 0.319 e. The molecule has 24 heavy (non-hydrogen) atoms. The molecule has 0 saturated carbocycles. The van der Waals surface area contributed by atoms with Gasteiger partial charge in [-0.05, 0) is 50.7 Å². The predicted octanol–water partition coefficient (Wildman–Crippen LogP) is 3.50. The number of carbonyl (C=O) groups excluding carboxylic acids is 1. The number of hydrogen-bond acceptors (Lipinski definition) is 3. The molecule has 0 aliphatic carbocycles.